The van der Waals surface area contributed by atoms with E-state index in [1.807, 2.05) is 0 Å². The van der Waals surface area contributed by atoms with Crippen molar-refractivity contribution >= 4 is 16.9 Å². The van der Waals surface area contributed by atoms with Gasteiger partial charge in [0.05, 0.1) is 24.0 Å². The van der Waals surface area contributed by atoms with Crippen molar-refractivity contribution in [3.05, 3.63) is 29.2 Å². The Morgan fingerprint density at radius 3 is 2.76 bits per heavy atom. The molecule has 10 heteroatoms. The van der Waals surface area contributed by atoms with Crippen LogP contribution in [0.1, 0.15) is 16.8 Å². The number of alkyl halides is 3. The van der Waals surface area contributed by atoms with Crippen molar-refractivity contribution in [2.75, 3.05) is 5.73 Å². The van der Waals surface area contributed by atoms with Crippen LogP contribution in [0, 0.1) is 6.92 Å². The zero-order valence-electron chi connectivity index (χ0n) is 10.7. The summed E-state index contributed by atoms with van der Waals surface area (Å²) < 4.78 is 43.3. The molecule has 0 aromatic carbocycles. The summed E-state index contributed by atoms with van der Waals surface area (Å²) in [6, 6.07) is 0. The molecule has 21 heavy (non-hydrogen) atoms. The van der Waals surface area contributed by atoms with Crippen LogP contribution in [-0.4, -0.2) is 25.1 Å². The number of hydrogen-bond acceptors (Lipinski definition) is 6. The normalized spacial score (nSPS) is 12.2. The first-order valence-corrected chi connectivity index (χ1v) is 5.83. The van der Waals surface area contributed by atoms with Crippen LogP contribution in [0.4, 0.5) is 18.9 Å². The minimum Gasteiger partial charge on any atom is -0.396 e. The second kappa shape index (κ2) is 4.43. The van der Waals surface area contributed by atoms with Crippen LogP contribution in [-0.2, 0) is 12.7 Å². The van der Waals surface area contributed by atoms with E-state index in [1.165, 1.54) is 0 Å². The molecule has 3 aromatic heterocycles. The second-order valence-electron chi connectivity index (χ2n) is 4.45. The maximum atomic E-state index is 12.5. The van der Waals surface area contributed by atoms with Gasteiger partial charge in [-0.2, -0.15) is 18.3 Å². The van der Waals surface area contributed by atoms with Gasteiger partial charge in [0.15, 0.2) is 5.52 Å². The van der Waals surface area contributed by atoms with Gasteiger partial charge in [-0.3, -0.25) is 4.68 Å². The molecule has 0 aliphatic heterocycles. The number of nitrogens with zero attached hydrogens (tertiary/aromatic N) is 5. The SMILES string of the molecule is Cc1nc2nonc2c(N)c1Cn1cc(C(F)(F)F)cn1. The van der Waals surface area contributed by atoms with E-state index in [0.29, 0.717) is 11.3 Å². The van der Waals surface area contributed by atoms with E-state index in [0.717, 1.165) is 17.1 Å². The van der Waals surface area contributed by atoms with Crippen molar-refractivity contribution < 1.29 is 17.8 Å². The third kappa shape index (κ3) is 2.28. The van der Waals surface area contributed by atoms with Crippen LogP contribution in [0.2, 0.25) is 0 Å². The minimum atomic E-state index is -4.43. The highest BCUT2D eigenvalue weighted by atomic mass is 19.4. The number of nitrogens with two attached hydrogens (primary N) is 1. The van der Waals surface area contributed by atoms with Crippen LogP contribution in [0.5, 0.6) is 0 Å². The van der Waals surface area contributed by atoms with Crippen LogP contribution in [0.15, 0.2) is 17.0 Å². The second-order valence-corrected chi connectivity index (χ2v) is 4.45. The highest BCUT2D eigenvalue weighted by molar-refractivity contribution is 5.85. The van der Waals surface area contributed by atoms with Crippen LogP contribution in [0.3, 0.4) is 0 Å². The molecule has 3 aromatic rings. The molecule has 0 amide bonds. The molecule has 3 rings (SSSR count). The Kier molecular flexibility index (Phi) is 2.81. The Morgan fingerprint density at radius 2 is 2.10 bits per heavy atom. The maximum absolute atomic E-state index is 12.5. The molecule has 0 spiro atoms. The molecule has 0 unspecified atom stereocenters. The first-order chi connectivity index (χ1) is 9.86. The summed E-state index contributed by atoms with van der Waals surface area (Å²) in [6.07, 6.45) is -2.77. The van der Waals surface area contributed by atoms with E-state index < -0.39 is 11.7 Å². The summed E-state index contributed by atoms with van der Waals surface area (Å²) in [4.78, 5) is 4.14. The molecule has 3 heterocycles. The van der Waals surface area contributed by atoms with E-state index >= 15 is 0 Å². The van der Waals surface area contributed by atoms with Gasteiger partial charge in [-0.15, -0.1) is 0 Å². The molecule has 0 radical (unpaired) electrons. The Balaban J connectivity index is 2.00. The summed E-state index contributed by atoms with van der Waals surface area (Å²) in [5.41, 5.74) is 6.96. The quantitative estimate of drug-likeness (QED) is 0.774. The van der Waals surface area contributed by atoms with E-state index in [4.69, 9.17) is 5.73 Å². The van der Waals surface area contributed by atoms with Gasteiger partial charge in [0, 0.05) is 17.5 Å². The third-order valence-electron chi connectivity index (χ3n) is 3.04. The molecule has 0 aliphatic carbocycles. The molecule has 0 aliphatic rings. The molecule has 0 fully saturated rings. The molecule has 0 saturated heterocycles. The summed E-state index contributed by atoms with van der Waals surface area (Å²) in [5, 5.41) is 10.9. The first kappa shape index (κ1) is 13.3. The molecule has 0 saturated carbocycles. The third-order valence-corrected chi connectivity index (χ3v) is 3.04. The van der Waals surface area contributed by atoms with Gasteiger partial charge >= 0.3 is 6.18 Å². The maximum Gasteiger partial charge on any atom is 0.419 e. The number of hydrogen-bond donors (Lipinski definition) is 1. The lowest BCUT2D eigenvalue weighted by Gasteiger charge is -2.08. The predicted octanol–water partition coefficient (Wildman–Crippen LogP) is 1.77. The van der Waals surface area contributed by atoms with Crippen LogP contribution in [0.25, 0.3) is 11.2 Å². The summed E-state index contributed by atoms with van der Waals surface area (Å²) >= 11 is 0. The van der Waals surface area contributed by atoms with Crippen molar-refractivity contribution in [1.29, 1.82) is 0 Å². The zero-order chi connectivity index (χ0) is 15.2. The topological polar surface area (TPSA) is 95.6 Å². The fourth-order valence-electron chi connectivity index (χ4n) is 1.95. The average molecular weight is 298 g/mol. The van der Waals surface area contributed by atoms with Crippen molar-refractivity contribution in [3.8, 4) is 0 Å². The van der Waals surface area contributed by atoms with Gasteiger partial charge in [-0.1, -0.05) is 0 Å². The average Bonchev–Trinajstić information content (AvgIpc) is 3.01. The minimum absolute atomic E-state index is 0.0452. The lowest BCUT2D eigenvalue weighted by Crippen LogP contribution is -2.08. The molecular weight excluding hydrogens is 289 g/mol. The Morgan fingerprint density at radius 1 is 1.33 bits per heavy atom. The molecule has 0 bridgehead atoms. The smallest absolute Gasteiger partial charge is 0.396 e. The fraction of sp³-hybridized carbons (Fsp3) is 0.273. The first-order valence-electron chi connectivity index (χ1n) is 5.83. The van der Waals surface area contributed by atoms with E-state index in [-0.39, 0.29) is 23.4 Å². The highest BCUT2D eigenvalue weighted by Gasteiger charge is 2.32. The molecule has 2 N–H and O–H groups in total. The van der Waals surface area contributed by atoms with Crippen molar-refractivity contribution in [3.63, 3.8) is 0 Å². The summed E-state index contributed by atoms with van der Waals surface area (Å²) in [5.74, 6) is 0. The van der Waals surface area contributed by atoms with Crippen molar-refractivity contribution in [2.24, 2.45) is 0 Å². The number of halogens is 3. The lowest BCUT2D eigenvalue weighted by molar-refractivity contribution is -0.137. The van der Waals surface area contributed by atoms with Gasteiger partial charge in [0.25, 0.3) is 0 Å². The largest absolute Gasteiger partial charge is 0.419 e. The molecule has 7 nitrogen and oxygen atoms in total. The molecule has 110 valence electrons. The number of aromatic nitrogens is 5. The van der Waals surface area contributed by atoms with Gasteiger partial charge in [-0.05, 0) is 17.2 Å². The number of anilines is 1. The summed E-state index contributed by atoms with van der Waals surface area (Å²) in [6.45, 7) is 1.72. The standard InChI is InChI=1S/C11H9F3N6O/c1-5-7(8(15)9-10(17-5)19-21-18-9)4-20-3-6(2-16-20)11(12,13)14/h2-3H,4,15H2,1H3. The van der Waals surface area contributed by atoms with E-state index in [9.17, 15) is 13.2 Å². The predicted molar refractivity (Wildman–Crippen MR) is 65.1 cm³/mol. The fourth-order valence-corrected chi connectivity index (χ4v) is 1.95. The van der Waals surface area contributed by atoms with Crippen LogP contribution >= 0.6 is 0 Å². The highest BCUT2D eigenvalue weighted by Crippen LogP contribution is 2.29. The zero-order valence-corrected chi connectivity index (χ0v) is 10.7. The number of fused-ring (bicyclic) bond motifs is 1. The van der Waals surface area contributed by atoms with Gasteiger partial charge < -0.3 is 5.73 Å². The number of nitrogen functional groups attached to an aromatic ring is 1. The van der Waals surface area contributed by atoms with Gasteiger partial charge in [-0.25, -0.2) is 9.61 Å². The van der Waals surface area contributed by atoms with E-state index in [1.54, 1.807) is 6.92 Å². The molecule has 0 atom stereocenters. The monoisotopic (exact) mass is 298 g/mol. The van der Waals surface area contributed by atoms with E-state index in [2.05, 4.69) is 25.0 Å². The van der Waals surface area contributed by atoms with Gasteiger partial charge in [0.2, 0.25) is 5.65 Å². The Labute approximate surface area is 115 Å². The molecular formula is C11H9F3N6O. The number of rotatable bonds is 2. The van der Waals surface area contributed by atoms with Gasteiger partial charge in [0.1, 0.15) is 0 Å². The summed E-state index contributed by atoms with van der Waals surface area (Å²) in [7, 11) is 0. The van der Waals surface area contributed by atoms with Crippen molar-refractivity contribution in [1.82, 2.24) is 25.1 Å². The van der Waals surface area contributed by atoms with Crippen LogP contribution < -0.4 is 5.73 Å². The Bertz CT molecular complexity index is 806. The number of aryl methyl sites for hydroxylation is 1. The lowest BCUT2D eigenvalue weighted by atomic mass is 10.1. The Hall–Kier alpha value is -2.65. The number of pyridine rings is 1. The van der Waals surface area contributed by atoms with Crippen molar-refractivity contribution in [2.45, 2.75) is 19.6 Å².